The number of ether oxygens (including phenoxy) is 1. The molecule has 0 aliphatic heterocycles. The molecule has 0 aliphatic rings. The number of pyridine rings is 1. The summed E-state index contributed by atoms with van der Waals surface area (Å²) in [4.78, 5) is 28.1. The highest BCUT2D eigenvalue weighted by Crippen LogP contribution is 2.27. The second-order valence-electron chi connectivity index (χ2n) is 6.78. The van der Waals surface area contributed by atoms with Crippen molar-refractivity contribution in [1.82, 2.24) is 4.57 Å². The fourth-order valence-electron chi connectivity index (χ4n) is 3.43. The van der Waals surface area contributed by atoms with Crippen LogP contribution in [0.25, 0.3) is 16.5 Å². The molecule has 0 spiro atoms. The van der Waals surface area contributed by atoms with Crippen molar-refractivity contribution in [3.8, 4) is 11.4 Å². The minimum atomic E-state index is -0.268. The molecule has 4 rings (SSSR count). The highest BCUT2D eigenvalue weighted by molar-refractivity contribution is 6.34. The Bertz CT molecular complexity index is 1310. The molecule has 0 radical (unpaired) electrons. The van der Waals surface area contributed by atoms with Gasteiger partial charge >= 0.3 is 0 Å². The van der Waals surface area contributed by atoms with Gasteiger partial charge in [-0.05, 0) is 30.3 Å². The number of anilines is 1. The summed E-state index contributed by atoms with van der Waals surface area (Å²) in [5, 5.41) is 1.52. The van der Waals surface area contributed by atoms with Gasteiger partial charge in [-0.2, -0.15) is 0 Å². The third-order valence-electron chi connectivity index (χ3n) is 5.00. The van der Waals surface area contributed by atoms with Gasteiger partial charge in [0.25, 0.3) is 11.5 Å². The number of methoxy groups -OCH3 is 1. The van der Waals surface area contributed by atoms with Crippen molar-refractivity contribution >= 4 is 34.0 Å². The molecule has 6 heteroatoms. The van der Waals surface area contributed by atoms with Crippen LogP contribution in [0.4, 0.5) is 5.69 Å². The molecule has 0 saturated heterocycles. The second kappa shape index (κ2) is 8.05. The van der Waals surface area contributed by atoms with Crippen LogP contribution in [0.2, 0.25) is 5.02 Å². The summed E-state index contributed by atoms with van der Waals surface area (Å²) >= 11 is 6.29. The number of hydrogen-bond acceptors (Lipinski definition) is 3. The zero-order valence-electron chi connectivity index (χ0n) is 16.5. The highest BCUT2D eigenvalue weighted by Gasteiger charge is 2.21. The molecule has 0 atom stereocenters. The van der Waals surface area contributed by atoms with Crippen molar-refractivity contribution in [2.75, 3.05) is 19.1 Å². The Kier molecular flexibility index (Phi) is 5.29. The van der Waals surface area contributed by atoms with E-state index in [0.717, 1.165) is 0 Å². The molecule has 0 unspecified atom stereocenters. The van der Waals surface area contributed by atoms with Gasteiger partial charge in [0, 0.05) is 30.1 Å². The standard InChI is InChI=1S/C24H19ClN2O3/c1-26(22-13-6-5-12-21(22)25)23(28)20-15-27(16-8-7-9-17(14-16)30-2)24(29)19-11-4-3-10-18(19)20/h3-15H,1-2H3. The van der Waals surface area contributed by atoms with Gasteiger partial charge < -0.3 is 9.64 Å². The normalized spacial score (nSPS) is 10.8. The van der Waals surface area contributed by atoms with E-state index >= 15 is 0 Å². The maximum Gasteiger partial charge on any atom is 0.262 e. The fourth-order valence-corrected chi connectivity index (χ4v) is 3.69. The molecule has 4 aromatic rings. The van der Waals surface area contributed by atoms with E-state index in [2.05, 4.69) is 0 Å². The summed E-state index contributed by atoms with van der Waals surface area (Å²) in [6, 6.07) is 21.4. The lowest BCUT2D eigenvalue weighted by atomic mass is 10.1. The SMILES string of the molecule is COc1cccc(-n2cc(C(=O)N(C)c3ccccc3Cl)c3ccccc3c2=O)c1. The van der Waals surface area contributed by atoms with Crippen LogP contribution in [0.1, 0.15) is 10.4 Å². The third kappa shape index (κ3) is 3.44. The monoisotopic (exact) mass is 418 g/mol. The number of nitrogens with zero attached hydrogens (tertiary/aromatic N) is 2. The summed E-state index contributed by atoms with van der Waals surface area (Å²) in [5.74, 6) is 0.351. The van der Waals surface area contributed by atoms with E-state index < -0.39 is 0 Å². The number of benzene rings is 3. The molecular formula is C24H19ClN2O3. The number of hydrogen-bond donors (Lipinski definition) is 0. The van der Waals surface area contributed by atoms with E-state index in [-0.39, 0.29) is 11.5 Å². The van der Waals surface area contributed by atoms with Gasteiger partial charge in [0.05, 0.1) is 29.1 Å². The molecule has 1 amide bonds. The molecule has 3 aromatic carbocycles. The molecule has 30 heavy (non-hydrogen) atoms. The summed E-state index contributed by atoms with van der Waals surface area (Å²) < 4.78 is 6.76. The van der Waals surface area contributed by atoms with E-state index in [1.165, 1.54) is 9.47 Å². The number of carbonyl (C=O) groups is 1. The Morgan fingerprint density at radius 1 is 0.967 bits per heavy atom. The average molecular weight is 419 g/mol. The lowest BCUT2D eigenvalue weighted by Gasteiger charge is -2.20. The summed E-state index contributed by atoms with van der Waals surface area (Å²) in [5.41, 5.74) is 1.39. The number of aromatic nitrogens is 1. The van der Waals surface area contributed by atoms with Gasteiger partial charge in [-0.3, -0.25) is 14.2 Å². The van der Waals surface area contributed by atoms with Crippen molar-refractivity contribution < 1.29 is 9.53 Å². The number of rotatable bonds is 4. The van der Waals surface area contributed by atoms with Crippen molar-refractivity contribution in [2.24, 2.45) is 0 Å². The number of amides is 1. The Morgan fingerprint density at radius 2 is 1.67 bits per heavy atom. The molecule has 0 fully saturated rings. The number of carbonyl (C=O) groups excluding carboxylic acids is 1. The van der Waals surface area contributed by atoms with Crippen LogP contribution in [0.3, 0.4) is 0 Å². The van der Waals surface area contributed by atoms with Crippen LogP contribution >= 0.6 is 11.6 Å². The Morgan fingerprint density at radius 3 is 2.40 bits per heavy atom. The molecule has 0 aliphatic carbocycles. The maximum atomic E-state index is 13.5. The number of fused-ring (bicyclic) bond motifs is 1. The number of para-hydroxylation sites is 1. The lowest BCUT2D eigenvalue weighted by molar-refractivity contribution is 0.0994. The maximum absolute atomic E-state index is 13.5. The second-order valence-corrected chi connectivity index (χ2v) is 7.19. The van der Waals surface area contributed by atoms with E-state index in [1.807, 2.05) is 18.2 Å². The summed E-state index contributed by atoms with van der Waals surface area (Å²) in [6.45, 7) is 0. The highest BCUT2D eigenvalue weighted by atomic mass is 35.5. The van der Waals surface area contributed by atoms with Crippen molar-refractivity contribution in [1.29, 1.82) is 0 Å². The topological polar surface area (TPSA) is 51.5 Å². The minimum absolute atomic E-state index is 0.212. The van der Waals surface area contributed by atoms with Crippen LogP contribution in [0.5, 0.6) is 5.75 Å². The van der Waals surface area contributed by atoms with E-state index in [9.17, 15) is 9.59 Å². The van der Waals surface area contributed by atoms with E-state index in [0.29, 0.717) is 38.5 Å². The molecule has 0 bridgehead atoms. The molecule has 1 heterocycles. The summed E-state index contributed by atoms with van der Waals surface area (Å²) in [7, 11) is 3.23. The van der Waals surface area contributed by atoms with E-state index in [1.54, 1.807) is 75.0 Å². The predicted octanol–water partition coefficient (Wildman–Crippen LogP) is 4.93. The van der Waals surface area contributed by atoms with Gasteiger partial charge in [0.1, 0.15) is 5.75 Å². The minimum Gasteiger partial charge on any atom is -0.497 e. The lowest BCUT2D eigenvalue weighted by Crippen LogP contribution is -2.29. The first-order valence-corrected chi connectivity index (χ1v) is 9.70. The Labute approximate surface area is 178 Å². The van der Waals surface area contributed by atoms with Crippen LogP contribution in [-0.4, -0.2) is 24.6 Å². The van der Waals surface area contributed by atoms with Gasteiger partial charge in [-0.25, -0.2) is 0 Å². The van der Waals surface area contributed by atoms with Gasteiger partial charge in [0.15, 0.2) is 0 Å². The zero-order chi connectivity index (χ0) is 21.3. The molecular weight excluding hydrogens is 400 g/mol. The molecule has 5 nitrogen and oxygen atoms in total. The predicted molar refractivity (Wildman–Crippen MR) is 120 cm³/mol. The molecule has 1 aromatic heterocycles. The molecule has 0 N–H and O–H groups in total. The van der Waals surface area contributed by atoms with Crippen LogP contribution < -0.4 is 15.2 Å². The van der Waals surface area contributed by atoms with Crippen LogP contribution in [0, 0.1) is 0 Å². The Balaban J connectivity index is 1.93. The number of halogens is 1. The first kappa shape index (κ1) is 19.7. The van der Waals surface area contributed by atoms with Gasteiger partial charge in [-0.15, -0.1) is 0 Å². The third-order valence-corrected chi connectivity index (χ3v) is 5.32. The first-order valence-electron chi connectivity index (χ1n) is 9.32. The van der Waals surface area contributed by atoms with Gasteiger partial charge in [-0.1, -0.05) is 48.0 Å². The first-order chi connectivity index (χ1) is 14.5. The fraction of sp³-hybridized carbons (Fsp3) is 0.0833. The molecule has 150 valence electrons. The smallest absolute Gasteiger partial charge is 0.262 e. The van der Waals surface area contributed by atoms with Gasteiger partial charge in [0.2, 0.25) is 0 Å². The van der Waals surface area contributed by atoms with Crippen molar-refractivity contribution in [3.63, 3.8) is 0 Å². The quantitative estimate of drug-likeness (QED) is 0.472. The van der Waals surface area contributed by atoms with Crippen molar-refractivity contribution in [2.45, 2.75) is 0 Å². The summed E-state index contributed by atoms with van der Waals surface area (Å²) in [6.07, 6.45) is 1.58. The largest absolute Gasteiger partial charge is 0.497 e. The van der Waals surface area contributed by atoms with Crippen LogP contribution in [-0.2, 0) is 0 Å². The average Bonchev–Trinajstić information content (AvgIpc) is 2.79. The van der Waals surface area contributed by atoms with Crippen LogP contribution in [0.15, 0.2) is 83.8 Å². The molecule has 0 saturated carbocycles. The zero-order valence-corrected chi connectivity index (χ0v) is 17.3. The van der Waals surface area contributed by atoms with Crippen molar-refractivity contribution in [3.05, 3.63) is 99.9 Å². The Hall–Kier alpha value is -3.57. The van der Waals surface area contributed by atoms with E-state index in [4.69, 9.17) is 16.3 Å².